The van der Waals surface area contributed by atoms with E-state index in [1.54, 1.807) is 6.20 Å². The lowest BCUT2D eigenvalue weighted by Gasteiger charge is -2.20. The summed E-state index contributed by atoms with van der Waals surface area (Å²) in [5.74, 6) is 1.31. The second-order valence-corrected chi connectivity index (χ2v) is 5.81. The smallest absolute Gasteiger partial charge is 0.226 e. The molecule has 3 heterocycles. The Kier molecular flexibility index (Phi) is 4.03. The number of hydrogen-bond acceptors (Lipinski definition) is 5. The standard InChI is InChI=1S/C13H19ClN6/c1-9(8-20-4-2-3-5-20)6-15-11-10-7-16-19-12(10)18-13(14)17-11/h7,9H,2-6,8H2,1H3,(H2,15,16,17,18,19). The van der Waals surface area contributed by atoms with Gasteiger partial charge in [0.2, 0.25) is 5.28 Å². The summed E-state index contributed by atoms with van der Waals surface area (Å²) >= 11 is 5.92. The molecule has 0 aliphatic carbocycles. The predicted molar refractivity (Wildman–Crippen MR) is 80.0 cm³/mol. The number of hydrogen-bond donors (Lipinski definition) is 2. The monoisotopic (exact) mass is 294 g/mol. The van der Waals surface area contributed by atoms with Gasteiger partial charge in [0.05, 0.1) is 11.6 Å². The molecule has 2 N–H and O–H groups in total. The molecule has 0 amide bonds. The van der Waals surface area contributed by atoms with Gasteiger partial charge in [-0.25, -0.2) is 0 Å². The first-order valence-corrected chi connectivity index (χ1v) is 7.43. The lowest BCUT2D eigenvalue weighted by atomic mass is 10.1. The van der Waals surface area contributed by atoms with Crippen molar-refractivity contribution in [1.82, 2.24) is 25.1 Å². The molecule has 7 heteroatoms. The summed E-state index contributed by atoms with van der Waals surface area (Å²) in [6.45, 7) is 6.70. The first kappa shape index (κ1) is 13.6. The lowest BCUT2D eigenvalue weighted by molar-refractivity contribution is 0.294. The van der Waals surface area contributed by atoms with Gasteiger partial charge in [-0.3, -0.25) is 5.10 Å². The van der Waals surface area contributed by atoms with Crippen molar-refractivity contribution < 1.29 is 0 Å². The Morgan fingerprint density at radius 3 is 3.00 bits per heavy atom. The van der Waals surface area contributed by atoms with Crippen molar-refractivity contribution in [1.29, 1.82) is 0 Å². The van der Waals surface area contributed by atoms with Gasteiger partial charge >= 0.3 is 0 Å². The van der Waals surface area contributed by atoms with Gasteiger partial charge in [0.25, 0.3) is 0 Å². The largest absolute Gasteiger partial charge is 0.369 e. The second kappa shape index (κ2) is 5.93. The van der Waals surface area contributed by atoms with Crippen LogP contribution in [0.3, 0.4) is 0 Å². The minimum atomic E-state index is 0.233. The Morgan fingerprint density at radius 1 is 1.40 bits per heavy atom. The summed E-state index contributed by atoms with van der Waals surface area (Å²) in [6, 6.07) is 0. The van der Waals surface area contributed by atoms with Crippen LogP contribution >= 0.6 is 11.6 Å². The van der Waals surface area contributed by atoms with Crippen LogP contribution in [0.5, 0.6) is 0 Å². The van der Waals surface area contributed by atoms with E-state index in [9.17, 15) is 0 Å². The lowest BCUT2D eigenvalue weighted by Crippen LogP contribution is -2.29. The van der Waals surface area contributed by atoms with Crippen LogP contribution in [0.2, 0.25) is 5.28 Å². The van der Waals surface area contributed by atoms with Crippen molar-refractivity contribution in [2.24, 2.45) is 5.92 Å². The van der Waals surface area contributed by atoms with Crippen molar-refractivity contribution in [2.45, 2.75) is 19.8 Å². The van der Waals surface area contributed by atoms with Crippen molar-refractivity contribution >= 4 is 28.5 Å². The molecule has 0 radical (unpaired) electrons. The molecule has 1 saturated heterocycles. The summed E-state index contributed by atoms with van der Waals surface area (Å²) in [6.07, 6.45) is 4.38. The predicted octanol–water partition coefficient (Wildman–Crippen LogP) is 2.15. The SMILES string of the molecule is CC(CNc1nc(Cl)nc2[nH]ncc12)CN1CCCC1. The van der Waals surface area contributed by atoms with Crippen molar-refractivity contribution in [3.8, 4) is 0 Å². The highest BCUT2D eigenvalue weighted by Crippen LogP contribution is 2.20. The van der Waals surface area contributed by atoms with E-state index >= 15 is 0 Å². The number of nitrogens with zero attached hydrogens (tertiary/aromatic N) is 4. The number of aromatic amines is 1. The average Bonchev–Trinajstić information content (AvgIpc) is 3.06. The Hall–Kier alpha value is -1.40. The Labute approximate surface area is 122 Å². The van der Waals surface area contributed by atoms with Crippen LogP contribution in [0.1, 0.15) is 19.8 Å². The van der Waals surface area contributed by atoms with Gasteiger partial charge < -0.3 is 10.2 Å². The number of H-pyrrole nitrogens is 1. The van der Waals surface area contributed by atoms with E-state index in [1.165, 1.54) is 25.9 Å². The third kappa shape index (κ3) is 3.02. The van der Waals surface area contributed by atoms with Gasteiger partial charge in [0.15, 0.2) is 5.65 Å². The van der Waals surface area contributed by atoms with Crippen LogP contribution < -0.4 is 5.32 Å². The van der Waals surface area contributed by atoms with Crippen LogP contribution in [0, 0.1) is 5.92 Å². The molecule has 1 unspecified atom stereocenters. The van der Waals surface area contributed by atoms with Gasteiger partial charge in [-0.05, 0) is 43.5 Å². The fraction of sp³-hybridized carbons (Fsp3) is 0.615. The molecule has 0 bridgehead atoms. The zero-order valence-electron chi connectivity index (χ0n) is 11.6. The van der Waals surface area contributed by atoms with E-state index in [-0.39, 0.29) is 5.28 Å². The third-order valence-electron chi connectivity index (χ3n) is 3.67. The molecule has 2 aromatic heterocycles. The molecule has 108 valence electrons. The summed E-state index contributed by atoms with van der Waals surface area (Å²) < 4.78 is 0. The highest BCUT2D eigenvalue weighted by molar-refractivity contribution is 6.28. The molecule has 0 spiro atoms. The molecule has 1 aliphatic rings. The molecule has 6 nitrogen and oxygen atoms in total. The quantitative estimate of drug-likeness (QED) is 0.827. The maximum Gasteiger partial charge on any atom is 0.226 e. The summed E-state index contributed by atoms with van der Waals surface area (Å²) in [5.41, 5.74) is 0.666. The third-order valence-corrected chi connectivity index (χ3v) is 3.84. The van der Waals surface area contributed by atoms with Crippen molar-refractivity contribution in [2.75, 3.05) is 31.5 Å². The highest BCUT2D eigenvalue weighted by atomic mass is 35.5. The number of aromatic nitrogens is 4. The Balaban J connectivity index is 1.62. The summed E-state index contributed by atoms with van der Waals surface area (Å²) in [5, 5.41) is 11.3. The average molecular weight is 295 g/mol. The van der Waals surface area contributed by atoms with Gasteiger partial charge in [0.1, 0.15) is 5.82 Å². The van der Waals surface area contributed by atoms with Crippen LogP contribution in [0.15, 0.2) is 6.20 Å². The number of anilines is 1. The Morgan fingerprint density at radius 2 is 2.20 bits per heavy atom. The van der Waals surface area contributed by atoms with Crippen LogP contribution in [0.25, 0.3) is 11.0 Å². The fourth-order valence-corrected chi connectivity index (χ4v) is 2.85. The van der Waals surface area contributed by atoms with E-state index in [0.717, 1.165) is 24.3 Å². The van der Waals surface area contributed by atoms with Gasteiger partial charge in [0, 0.05) is 13.1 Å². The first-order valence-electron chi connectivity index (χ1n) is 7.05. The van der Waals surface area contributed by atoms with Gasteiger partial charge in [-0.15, -0.1) is 0 Å². The zero-order chi connectivity index (χ0) is 13.9. The van der Waals surface area contributed by atoms with E-state index < -0.39 is 0 Å². The normalized spacial score (nSPS) is 17.7. The number of nitrogens with one attached hydrogen (secondary N) is 2. The van der Waals surface area contributed by atoms with Crippen molar-refractivity contribution in [3.63, 3.8) is 0 Å². The molecule has 20 heavy (non-hydrogen) atoms. The van der Waals surface area contributed by atoms with Crippen LogP contribution in [-0.2, 0) is 0 Å². The molecule has 0 aromatic carbocycles. The minimum Gasteiger partial charge on any atom is -0.369 e. The van der Waals surface area contributed by atoms with E-state index in [2.05, 4.69) is 37.3 Å². The molecule has 1 atom stereocenters. The van der Waals surface area contributed by atoms with E-state index in [1.807, 2.05) is 0 Å². The number of halogens is 1. The minimum absolute atomic E-state index is 0.233. The summed E-state index contributed by atoms with van der Waals surface area (Å²) in [7, 11) is 0. The van der Waals surface area contributed by atoms with E-state index in [0.29, 0.717) is 11.6 Å². The topological polar surface area (TPSA) is 69.7 Å². The Bertz CT molecular complexity index is 577. The number of fused-ring (bicyclic) bond motifs is 1. The molecule has 2 aromatic rings. The number of rotatable bonds is 5. The summed E-state index contributed by atoms with van der Waals surface area (Å²) in [4.78, 5) is 10.9. The molecule has 3 rings (SSSR count). The number of likely N-dealkylation sites (tertiary alicyclic amines) is 1. The first-order chi connectivity index (χ1) is 9.72. The maximum atomic E-state index is 5.92. The highest BCUT2D eigenvalue weighted by Gasteiger charge is 2.15. The maximum absolute atomic E-state index is 5.92. The molecule has 0 saturated carbocycles. The molecule has 1 fully saturated rings. The second-order valence-electron chi connectivity index (χ2n) is 5.47. The van der Waals surface area contributed by atoms with Crippen LogP contribution in [-0.4, -0.2) is 51.2 Å². The fourth-order valence-electron chi connectivity index (χ4n) is 2.68. The van der Waals surface area contributed by atoms with Crippen molar-refractivity contribution in [3.05, 3.63) is 11.5 Å². The molecular formula is C13H19ClN6. The zero-order valence-corrected chi connectivity index (χ0v) is 12.3. The van der Waals surface area contributed by atoms with Crippen LogP contribution in [0.4, 0.5) is 5.82 Å². The van der Waals surface area contributed by atoms with Gasteiger partial charge in [-0.2, -0.15) is 15.1 Å². The van der Waals surface area contributed by atoms with Gasteiger partial charge in [-0.1, -0.05) is 6.92 Å². The molecular weight excluding hydrogens is 276 g/mol. The van der Waals surface area contributed by atoms with E-state index in [4.69, 9.17) is 11.6 Å². The molecule has 1 aliphatic heterocycles.